The number of alkyl halides is 1. The van der Waals surface area contributed by atoms with Crippen LogP contribution in [0.3, 0.4) is 0 Å². The van der Waals surface area contributed by atoms with Crippen LogP contribution in [0.2, 0.25) is 0 Å². The molecule has 0 aromatic heterocycles. The van der Waals surface area contributed by atoms with Gasteiger partial charge in [-0.1, -0.05) is 29.3 Å². The predicted octanol–water partition coefficient (Wildman–Crippen LogP) is 2.27. The first-order valence-corrected chi connectivity index (χ1v) is 6.32. The topological polar surface area (TPSA) is 12.5 Å². The van der Waals surface area contributed by atoms with Crippen LogP contribution in [-0.2, 0) is 4.74 Å². The number of hydrogen-bond acceptors (Lipinski definition) is 2. The molecule has 2 nitrogen and oxygen atoms in total. The largest absolute Gasteiger partial charge is 0.372 e. The number of unbranched alkanes of at least 4 members (excludes halogenated alkanes) is 1. The third-order valence-electron chi connectivity index (χ3n) is 2.40. The number of nitrogens with zero attached hydrogens (tertiary/aromatic N) is 1. The van der Waals surface area contributed by atoms with E-state index in [2.05, 4.69) is 34.7 Å². The number of hydrogen-bond donors (Lipinski definition) is 0. The third kappa shape index (κ3) is 3.96. The van der Waals surface area contributed by atoms with Gasteiger partial charge in [-0.3, -0.25) is 4.90 Å². The summed E-state index contributed by atoms with van der Waals surface area (Å²) < 4.78 is 5.76. The molecule has 2 unspecified atom stereocenters. The summed E-state index contributed by atoms with van der Waals surface area (Å²) in [6.45, 7) is 7.83. The zero-order valence-corrected chi connectivity index (χ0v) is 10.2. The van der Waals surface area contributed by atoms with Gasteiger partial charge in [-0.25, -0.2) is 0 Å². The second-order valence-electron chi connectivity index (χ2n) is 3.84. The standard InChI is InChI=1S/C10H20BrNO/c1-3-4-5-12-7-9(2)13-10(6-11)8-12/h9-10H,3-8H2,1-2H3. The van der Waals surface area contributed by atoms with Gasteiger partial charge in [0.2, 0.25) is 0 Å². The van der Waals surface area contributed by atoms with Gasteiger partial charge < -0.3 is 4.74 Å². The van der Waals surface area contributed by atoms with Crippen LogP contribution in [0, 0.1) is 0 Å². The minimum atomic E-state index is 0.389. The molecule has 0 aliphatic carbocycles. The summed E-state index contributed by atoms with van der Waals surface area (Å²) in [4.78, 5) is 2.52. The zero-order chi connectivity index (χ0) is 9.68. The first kappa shape index (κ1) is 11.5. The van der Waals surface area contributed by atoms with Crippen molar-refractivity contribution in [3.8, 4) is 0 Å². The Labute approximate surface area is 89.8 Å². The SMILES string of the molecule is CCCCN1CC(C)OC(CBr)C1. The van der Waals surface area contributed by atoms with E-state index in [1.807, 2.05) is 0 Å². The molecule has 0 aromatic rings. The molecule has 0 radical (unpaired) electrons. The molecule has 1 fully saturated rings. The molecule has 1 aliphatic rings. The van der Waals surface area contributed by atoms with Crippen molar-refractivity contribution in [2.45, 2.75) is 38.9 Å². The average Bonchev–Trinajstić information content (AvgIpc) is 2.14. The summed E-state index contributed by atoms with van der Waals surface area (Å²) in [5.74, 6) is 0. The Hall–Kier alpha value is 0.400. The Kier molecular flexibility index (Phi) is 5.29. The summed E-state index contributed by atoms with van der Waals surface area (Å²) in [6.07, 6.45) is 3.38. The highest BCUT2D eigenvalue weighted by molar-refractivity contribution is 9.09. The molecule has 78 valence electrons. The van der Waals surface area contributed by atoms with Crippen LogP contribution < -0.4 is 0 Å². The Morgan fingerprint density at radius 3 is 2.85 bits per heavy atom. The highest BCUT2D eigenvalue weighted by atomic mass is 79.9. The highest BCUT2D eigenvalue weighted by Gasteiger charge is 2.23. The molecule has 0 bridgehead atoms. The van der Waals surface area contributed by atoms with Crippen molar-refractivity contribution in [1.29, 1.82) is 0 Å². The molecule has 1 heterocycles. The summed E-state index contributed by atoms with van der Waals surface area (Å²) in [5.41, 5.74) is 0. The van der Waals surface area contributed by atoms with Crippen molar-refractivity contribution in [3.05, 3.63) is 0 Å². The first-order chi connectivity index (χ1) is 6.26. The lowest BCUT2D eigenvalue weighted by Crippen LogP contribution is -2.47. The van der Waals surface area contributed by atoms with Crippen molar-refractivity contribution >= 4 is 15.9 Å². The molecule has 1 saturated heterocycles. The van der Waals surface area contributed by atoms with Crippen LogP contribution in [0.25, 0.3) is 0 Å². The van der Waals surface area contributed by atoms with E-state index in [0.717, 1.165) is 18.4 Å². The molecule has 0 spiro atoms. The number of halogens is 1. The lowest BCUT2D eigenvalue weighted by molar-refractivity contribution is -0.0653. The summed E-state index contributed by atoms with van der Waals surface area (Å²) in [6, 6.07) is 0. The summed E-state index contributed by atoms with van der Waals surface area (Å²) >= 11 is 3.48. The molecule has 0 aromatic carbocycles. The zero-order valence-electron chi connectivity index (χ0n) is 8.63. The average molecular weight is 250 g/mol. The van der Waals surface area contributed by atoms with Crippen molar-refractivity contribution in [2.75, 3.05) is 25.0 Å². The van der Waals surface area contributed by atoms with E-state index < -0.39 is 0 Å². The second-order valence-corrected chi connectivity index (χ2v) is 4.48. The molecule has 0 saturated carbocycles. The maximum absolute atomic E-state index is 5.76. The minimum Gasteiger partial charge on any atom is -0.372 e. The Morgan fingerprint density at radius 1 is 1.46 bits per heavy atom. The molecule has 3 heteroatoms. The van der Waals surface area contributed by atoms with Crippen molar-refractivity contribution in [2.24, 2.45) is 0 Å². The lowest BCUT2D eigenvalue weighted by atomic mass is 10.2. The maximum atomic E-state index is 5.76. The van der Waals surface area contributed by atoms with Gasteiger partial charge in [0, 0.05) is 18.4 Å². The summed E-state index contributed by atoms with van der Waals surface area (Å²) in [5, 5.41) is 0.958. The Morgan fingerprint density at radius 2 is 2.23 bits per heavy atom. The van der Waals surface area contributed by atoms with Crippen LogP contribution in [0.4, 0.5) is 0 Å². The smallest absolute Gasteiger partial charge is 0.0802 e. The van der Waals surface area contributed by atoms with E-state index >= 15 is 0 Å². The number of ether oxygens (including phenoxy) is 1. The van der Waals surface area contributed by atoms with Gasteiger partial charge in [-0.15, -0.1) is 0 Å². The van der Waals surface area contributed by atoms with Crippen LogP contribution in [0.1, 0.15) is 26.7 Å². The lowest BCUT2D eigenvalue weighted by Gasteiger charge is -2.36. The molecular formula is C10H20BrNO. The predicted molar refractivity (Wildman–Crippen MR) is 59.5 cm³/mol. The Bertz CT molecular complexity index is 143. The van der Waals surface area contributed by atoms with Crippen LogP contribution in [0.5, 0.6) is 0 Å². The van der Waals surface area contributed by atoms with Crippen molar-refractivity contribution in [1.82, 2.24) is 4.90 Å². The van der Waals surface area contributed by atoms with Crippen LogP contribution >= 0.6 is 15.9 Å². The monoisotopic (exact) mass is 249 g/mol. The van der Waals surface area contributed by atoms with Gasteiger partial charge in [0.15, 0.2) is 0 Å². The van der Waals surface area contributed by atoms with Gasteiger partial charge in [-0.2, -0.15) is 0 Å². The quantitative estimate of drug-likeness (QED) is 0.710. The molecule has 0 N–H and O–H groups in total. The van der Waals surface area contributed by atoms with Crippen molar-refractivity contribution < 1.29 is 4.74 Å². The maximum Gasteiger partial charge on any atom is 0.0802 e. The van der Waals surface area contributed by atoms with Gasteiger partial charge in [0.1, 0.15) is 0 Å². The van der Waals surface area contributed by atoms with Gasteiger partial charge in [-0.05, 0) is 19.9 Å². The van der Waals surface area contributed by atoms with E-state index in [0.29, 0.717) is 12.2 Å². The first-order valence-electron chi connectivity index (χ1n) is 5.20. The molecule has 13 heavy (non-hydrogen) atoms. The van der Waals surface area contributed by atoms with E-state index in [-0.39, 0.29) is 0 Å². The second kappa shape index (κ2) is 5.99. The van der Waals surface area contributed by atoms with Crippen LogP contribution in [0.15, 0.2) is 0 Å². The van der Waals surface area contributed by atoms with E-state index in [9.17, 15) is 0 Å². The fraction of sp³-hybridized carbons (Fsp3) is 1.00. The van der Waals surface area contributed by atoms with E-state index in [1.165, 1.54) is 19.4 Å². The van der Waals surface area contributed by atoms with Crippen LogP contribution in [-0.4, -0.2) is 42.1 Å². The molecule has 2 atom stereocenters. The van der Waals surface area contributed by atoms with Crippen molar-refractivity contribution in [3.63, 3.8) is 0 Å². The summed E-state index contributed by atoms with van der Waals surface area (Å²) in [7, 11) is 0. The number of rotatable bonds is 4. The normalized spacial score (nSPS) is 30.7. The van der Waals surface area contributed by atoms with Gasteiger partial charge in [0.05, 0.1) is 12.2 Å². The molecule has 1 rings (SSSR count). The third-order valence-corrected chi connectivity index (χ3v) is 3.12. The molecular weight excluding hydrogens is 230 g/mol. The fourth-order valence-corrected chi connectivity index (χ4v) is 2.15. The van der Waals surface area contributed by atoms with Gasteiger partial charge in [0.25, 0.3) is 0 Å². The Balaban J connectivity index is 2.29. The highest BCUT2D eigenvalue weighted by Crippen LogP contribution is 2.13. The molecule has 0 amide bonds. The van der Waals surface area contributed by atoms with E-state index in [1.54, 1.807) is 0 Å². The van der Waals surface area contributed by atoms with E-state index in [4.69, 9.17) is 4.74 Å². The fourth-order valence-electron chi connectivity index (χ4n) is 1.79. The minimum absolute atomic E-state index is 0.389. The molecule has 1 aliphatic heterocycles. The van der Waals surface area contributed by atoms with Gasteiger partial charge >= 0.3 is 0 Å². The number of morpholine rings is 1.